The first-order valence-corrected chi connectivity index (χ1v) is 8.30. The molecular weight excluding hydrogens is 366 g/mol. The third-order valence-corrected chi connectivity index (χ3v) is 4.34. The zero-order valence-corrected chi connectivity index (χ0v) is 14.3. The van der Waals surface area contributed by atoms with Gasteiger partial charge in [-0.2, -0.15) is 0 Å². The standard InChI is InChI=1S/C21H12F2N2O3/c22-13-8-9-18(17(23)11-13)24-19(26)12-4-3-5-14(10-12)25-20(27)15-6-1-2-7-16(15)21(25)28/h1-11H,(H,24,26). The van der Waals surface area contributed by atoms with Crippen LogP contribution in [0.3, 0.4) is 0 Å². The highest BCUT2D eigenvalue weighted by molar-refractivity contribution is 6.34. The van der Waals surface area contributed by atoms with Crippen LogP contribution < -0.4 is 10.2 Å². The lowest BCUT2D eigenvalue weighted by Crippen LogP contribution is -2.29. The van der Waals surface area contributed by atoms with Gasteiger partial charge in [-0.05, 0) is 42.5 Å². The molecule has 0 fully saturated rings. The van der Waals surface area contributed by atoms with Gasteiger partial charge >= 0.3 is 0 Å². The fourth-order valence-electron chi connectivity index (χ4n) is 3.00. The van der Waals surface area contributed by atoms with E-state index >= 15 is 0 Å². The fraction of sp³-hybridized carbons (Fsp3) is 0. The van der Waals surface area contributed by atoms with Gasteiger partial charge in [-0.3, -0.25) is 14.4 Å². The minimum Gasteiger partial charge on any atom is -0.319 e. The Labute approximate surface area is 158 Å². The molecule has 0 aliphatic carbocycles. The third-order valence-electron chi connectivity index (χ3n) is 4.34. The van der Waals surface area contributed by atoms with Gasteiger partial charge < -0.3 is 5.32 Å². The number of benzene rings is 3. The van der Waals surface area contributed by atoms with Crippen molar-refractivity contribution in [3.63, 3.8) is 0 Å². The molecule has 1 aliphatic heterocycles. The predicted molar refractivity (Wildman–Crippen MR) is 98.3 cm³/mol. The van der Waals surface area contributed by atoms with E-state index in [0.717, 1.165) is 17.0 Å². The van der Waals surface area contributed by atoms with Crippen molar-refractivity contribution in [2.75, 3.05) is 10.2 Å². The average Bonchev–Trinajstić information content (AvgIpc) is 2.95. The monoisotopic (exact) mass is 378 g/mol. The Bertz CT molecular complexity index is 1110. The number of hydrogen-bond acceptors (Lipinski definition) is 3. The van der Waals surface area contributed by atoms with E-state index in [4.69, 9.17) is 0 Å². The molecule has 0 bridgehead atoms. The molecule has 0 saturated carbocycles. The van der Waals surface area contributed by atoms with Crippen LogP contribution in [0.2, 0.25) is 0 Å². The summed E-state index contributed by atoms with van der Waals surface area (Å²) < 4.78 is 26.8. The van der Waals surface area contributed by atoms with Crippen LogP contribution in [0.5, 0.6) is 0 Å². The molecule has 1 heterocycles. The van der Waals surface area contributed by atoms with Crippen LogP contribution in [0.25, 0.3) is 0 Å². The lowest BCUT2D eigenvalue weighted by atomic mass is 10.1. The zero-order valence-electron chi connectivity index (χ0n) is 14.3. The Morgan fingerprint density at radius 2 is 1.50 bits per heavy atom. The Morgan fingerprint density at radius 3 is 2.14 bits per heavy atom. The van der Waals surface area contributed by atoms with Crippen molar-refractivity contribution in [3.05, 3.63) is 95.1 Å². The van der Waals surface area contributed by atoms with Crippen LogP contribution in [0.15, 0.2) is 66.7 Å². The van der Waals surface area contributed by atoms with Gasteiger partial charge in [-0.1, -0.05) is 18.2 Å². The topological polar surface area (TPSA) is 66.5 Å². The second-order valence-corrected chi connectivity index (χ2v) is 6.12. The van der Waals surface area contributed by atoms with Crippen molar-refractivity contribution in [2.24, 2.45) is 0 Å². The molecule has 5 nitrogen and oxygen atoms in total. The first-order valence-electron chi connectivity index (χ1n) is 8.30. The van der Waals surface area contributed by atoms with Gasteiger partial charge in [0, 0.05) is 11.6 Å². The molecule has 1 N–H and O–H groups in total. The van der Waals surface area contributed by atoms with Gasteiger partial charge in [0.2, 0.25) is 0 Å². The van der Waals surface area contributed by atoms with Crippen LogP contribution in [0, 0.1) is 11.6 Å². The molecule has 3 aromatic carbocycles. The summed E-state index contributed by atoms with van der Waals surface area (Å²) in [4.78, 5) is 38.6. The molecule has 0 spiro atoms. The number of hydrogen-bond donors (Lipinski definition) is 1. The first-order chi connectivity index (χ1) is 13.5. The van der Waals surface area contributed by atoms with Gasteiger partial charge in [0.25, 0.3) is 17.7 Å². The number of fused-ring (bicyclic) bond motifs is 1. The van der Waals surface area contributed by atoms with Crippen LogP contribution >= 0.6 is 0 Å². The van der Waals surface area contributed by atoms with E-state index in [2.05, 4.69) is 5.32 Å². The smallest absolute Gasteiger partial charge is 0.266 e. The van der Waals surface area contributed by atoms with Crippen molar-refractivity contribution in [1.82, 2.24) is 0 Å². The quantitative estimate of drug-likeness (QED) is 0.700. The van der Waals surface area contributed by atoms with Gasteiger partial charge in [0.15, 0.2) is 0 Å². The van der Waals surface area contributed by atoms with Gasteiger partial charge in [-0.15, -0.1) is 0 Å². The maximum atomic E-state index is 13.8. The Kier molecular flexibility index (Phi) is 4.19. The van der Waals surface area contributed by atoms with E-state index in [1.807, 2.05) is 0 Å². The van der Waals surface area contributed by atoms with Crippen LogP contribution in [0.1, 0.15) is 31.1 Å². The third kappa shape index (κ3) is 2.92. The molecule has 0 aromatic heterocycles. The molecule has 0 unspecified atom stereocenters. The molecule has 3 aromatic rings. The number of nitrogens with one attached hydrogen (secondary N) is 1. The summed E-state index contributed by atoms with van der Waals surface area (Å²) in [5.41, 5.74) is 0.722. The summed E-state index contributed by atoms with van der Waals surface area (Å²) in [6.45, 7) is 0. The molecule has 4 rings (SSSR count). The lowest BCUT2D eigenvalue weighted by Gasteiger charge is -2.15. The number of rotatable bonds is 3. The van der Waals surface area contributed by atoms with Crippen LogP contribution in [-0.2, 0) is 0 Å². The van der Waals surface area contributed by atoms with E-state index in [1.54, 1.807) is 24.3 Å². The number of halogens is 2. The number of imide groups is 1. The van der Waals surface area contributed by atoms with Gasteiger partial charge in [0.05, 0.1) is 22.5 Å². The van der Waals surface area contributed by atoms with Gasteiger partial charge in [-0.25, -0.2) is 13.7 Å². The summed E-state index contributed by atoms with van der Waals surface area (Å²) in [6.07, 6.45) is 0. The minimum absolute atomic E-state index is 0.109. The van der Waals surface area contributed by atoms with Crippen molar-refractivity contribution in [1.29, 1.82) is 0 Å². The molecule has 3 amide bonds. The molecule has 7 heteroatoms. The van der Waals surface area contributed by atoms with E-state index in [-0.39, 0.29) is 28.1 Å². The summed E-state index contributed by atoms with van der Waals surface area (Å²) in [7, 11) is 0. The number of carbonyl (C=O) groups is 3. The van der Waals surface area contributed by atoms with Crippen molar-refractivity contribution >= 4 is 29.1 Å². The van der Waals surface area contributed by atoms with Crippen molar-refractivity contribution < 1.29 is 23.2 Å². The average molecular weight is 378 g/mol. The molecule has 1 aliphatic rings. The fourth-order valence-corrected chi connectivity index (χ4v) is 3.00. The summed E-state index contributed by atoms with van der Waals surface area (Å²) in [5, 5.41) is 2.34. The maximum absolute atomic E-state index is 13.8. The number of amides is 3. The Balaban J connectivity index is 1.63. The number of anilines is 2. The van der Waals surface area contributed by atoms with Crippen LogP contribution in [-0.4, -0.2) is 17.7 Å². The highest BCUT2D eigenvalue weighted by Gasteiger charge is 2.36. The summed E-state index contributed by atoms with van der Waals surface area (Å²) in [5.74, 6) is -3.30. The first kappa shape index (κ1) is 17.5. The zero-order chi connectivity index (χ0) is 19.8. The lowest BCUT2D eigenvalue weighted by molar-refractivity contribution is 0.0924. The molecule has 0 atom stereocenters. The van der Waals surface area contributed by atoms with Crippen molar-refractivity contribution in [3.8, 4) is 0 Å². The number of nitrogens with zero attached hydrogens (tertiary/aromatic N) is 1. The molecule has 138 valence electrons. The number of carbonyl (C=O) groups excluding carboxylic acids is 3. The van der Waals surface area contributed by atoms with E-state index in [0.29, 0.717) is 6.07 Å². The normalized spacial score (nSPS) is 12.9. The Hall–Kier alpha value is -3.87. The SMILES string of the molecule is O=C(Nc1ccc(F)cc1F)c1cccc(N2C(=O)c3ccccc3C2=O)c1. The van der Waals surface area contributed by atoms with Crippen molar-refractivity contribution in [2.45, 2.75) is 0 Å². The van der Waals surface area contributed by atoms with Gasteiger partial charge in [0.1, 0.15) is 11.6 Å². The Morgan fingerprint density at radius 1 is 0.821 bits per heavy atom. The summed E-state index contributed by atoms with van der Waals surface area (Å²) >= 11 is 0. The minimum atomic E-state index is -0.912. The predicted octanol–water partition coefficient (Wildman–Crippen LogP) is 4.02. The van der Waals surface area contributed by atoms with E-state index < -0.39 is 29.4 Å². The molecule has 0 radical (unpaired) electrons. The molecular formula is C21H12F2N2O3. The van der Waals surface area contributed by atoms with E-state index in [1.165, 1.54) is 24.3 Å². The highest BCUT2D eigenvalue weighted by atomic mass is 19.1. The molecule has 28 heavy (non-hydrogen) atoms. The highest BCUT2D eigenvalue weighted by Crippen LogP contribution is 2.29. The molecule has 0 saturated heterocycles. The largest absolute Gasteiger partial charge is 0.319 e. The second-order valence-electron chi connectivity index (χ2n) is 6.12. The van der Waals surface area contributed by atoms with E-state index in [9.17, 15) is 23.2 Å². The summed E-state index contributed by atoms with van der Waals surface area (Å²) in [6, 6.07) is 15.1. The van der Waals surface area contributed by atoms with Crippen LogP contribution in [0.4, 0.5) is 20.2 Å². The second kappa shape index (κ2) is 6.70. The maximum Gasteiger partial charge on any atom is 0.266 e.